The van der Waals surface area contributed by atoms with Gasteiger partial charge in [-0.15, -0.1) is 0 Å². The molecule has 0 unspecified atom stereocenters. The quantitative estimate of drug-likeness (QED) is 0.250. The van der Waals surface area contributed by atoms with E-state index in [-0.39, 0.29) is 0 Å². The van der Waals surface area contributed by atoms with Gasteiger partial charge in [0, 0.05) is 38.1 Å². The average molecular weight is 572 g/mol. The van der Waals surface area contributed by atoms with Crippen molar-refractivity contribution in [3.05, 3.63) is 83.4 Å². The smallest absolute Gasteiger partial charge is 0.0940 e. The monoisotopic (exact) mass is 571 g/mol. The van der Waals surface area contributed by atoms with Gasteiger partial charge in [0.25, 0.3) is 0 Å². The van der Waals surface area contributed by atoms with Crippen LogP contribution in [-0.4, -0.2) is 29.3 Å². The van der Waals surface area contributed by atoms with Crippen molar-refractivity contribution < 1.29 is 9.84 Å². The van der Waals surface area contributed by atoms with E-state index in [9.17, 15) is 5.11 Å². The molecule has 182 valence electrons. The molecule has 3 aromatic carbocycles. The summed E-state index contributed by atoms with van der Waals surface area (Å²) in [6.07, 6.45) is 6.30. The zero-order valence-electron chi connectivity index (χ0n) is 20.5. The Morgan fingerprint density at radius 1 is 0.941 bits per heavy atom. The zero-order chi connectivity index (χ0) is 24.0. The Balaban J connectivity index is 0.00000133. The van der Waals surface area contributed by atoms with Gasteiger partial charge in [-0.05, 0) is 64.5 Å². The first-order valence-electron chi connectivity index (χ1n) is 12.6. The highest BCUT2D eigenvalue weighted by atomic mass is 127. The summed E-state index contributed by atoms with van der Waals surface area (Å²) < 4.78 is 5.44. The SMILES string of the molecule is CI.C[C@@H](N[C@H]1CCC[C@H](c2ccc(C3(O)CCOCC3)cc2)C1)c1cccc2ccccc12. The first-order valence-corrected chi connectivity index (χ1v) is 14.8. The molecule has 4 heteroatoms. The summed E-state index contributed by atoms with van der Waals surface area (Å²) in [5.74, 6) is 0.583. The summed E-state index contributed by atoms with van der Waals surface area (Å²) in [5, 5.41) is 17.6. The minimum Gasteiger partial charge on any atom is -0.385 e. The van der Waals surface area contributed by atoms with Crippen molar-refractivity contribution >= 4 is 33.4 Å². The van der Waals surface area contributed by atoms with Gasteiger partial charge < -0.3 is 15.2 Å². The largest absolute Gasteiger partial charge is 0.385 e. The normalized spacial score (nSPS) is 23.1. The van der Waals surface area contributed by atoms with Crippen molar-refractivity contribution in [2.75, 3.05) is 18.1 Å². The molecule has 2 N–H and O–H groups in total. The van der Waals surface area contributed by atoms with Gasteiger partial charge in [0.1, 0.15) is 0 Å². The Hall–Kier alpha value is -1.47. The maximum absolute atomic E-state index is 11.0. The predicted molar refractivity (Wildman–Crippen MR) is 151 cm³/mol. The van der Waals surface area contributed by atoms with Crippen LogP contribution in [0.25, 0.3) is 10.8 Å². The number of alkyl halides is 1. The van der Waals surface area contributed by atoms with Crippen molar-refractivity contribution in [3.63, 3.8) is 0 Å². The Morgan fingerprint density at radius 3 is 2.41 bits per heavy atom. The third-order valence-electron chi connectivity index (χ3n) is 7.69. The van der Waals surface area contributed by atoms with Crippen molar-refractivity contribution in [2.45, 2.75) is 69.1 Å². The molecule has 1 aliphatic carbocycles. The molecule has 1 saturated heterocycles. The van der Waals surface area contributed by atoms with Crippen LogP contribution in [0.5, 0.6) is 0 Å². The van der Waals surface area contributed by atoms with Crippen LogP contribution in [0.2, 0.25) is 0 Å². The van der Waals surface area contributed by atoms with E-state index in [2.05, 4.69) is 102 Å². The molecular formula is C30H38INO2. The molecule has 0 aromatic heterocycles. The van der Waals surface area contributed by atoms with E-state index in [0.717, 1.165) is 5.56 Å². The second-order valence-corrected chi connectivity index (χ2v) is 9.78. The van der Waals surface area contributed by atoms with Crippen molar-refractivity contribution in [2.24, 2.45) is 0 Å². The number of hydrogen-bond donors (Lipinski definition) is 2. The van der Waals surface area contributed by atoms with Gasteiger partial charge in [-0.1, -0.05) is 95.7 Å². The number of nitrogens with one attached hydrogen (secondary N) is 1. The van der Waals surface area contributed by atoms with E-state index in [1.54, 1.807) is 0 Å². The molecule has 1 aliphatic heterocycles. The summed E-state index contributed by atoms with van der Waals surface area (Å²) in [5.41, 5.74) is 3.12. The first-order chi connectivity index (χ1) is 16.6. The molecule has 1 heterocycles. The van der Waals surface area contributed by atoms with Crippen LogP contribution < -0.4 is 5.32 Å². The fourth-order valence-corrected chi connectivity index (χ4v) is 5.78. The fourth-order valence-electron chi connectivity index (χ4n) is 5.78. The van der Waals surface area contributed by atoms with E-state index in [4.69, 9.17) is 4.74 Å². The summed E-state index contributed by atoms with van der Waals surface area (Å²) in [6, 6.07) is 25.0. The molecule has 1 saturated carbocycles. The molecular weight excluding hydrogens is 533 g/mol. The molecule has 34 heavy (non-hydrogen) atoms. The standard InChI is InChI=1S/C29H35NO2.CH3I/c1-21(27-11-5-7-23-6-2-3-10-28(23)27)30-26-9-4-8-24(20-26)22-12-14-25(15-13-22)29(31)16-18-32-19-17-29;1-2/h2-3,5-7,10-15,21,24,26,30-31H,4,8-9,16-20H2,1H3;1H3/t21-,24+,26+;/m1./s1. The van der Waals surface area contributed by atoms with Gasteiger partial charge in [-0.25, -0.2) is 0 Å². The maximum Gasteiger partial charge on any atom is 0.0940 e. The maximum atomic E-state index is 11.0. The van der Waals surface area contributed by atoms with Crippen molar-refractivity contribution in [1.82, 2.24) is 5.32 Å². The Bertz CT molecular complexity index is 1040. The molecule has 0 radical (unpaired) electrons. The van der Waals surface area contributed by atoms with Gasteiger partial charge in [0.2, 0.25) is 0 Å². The van der Waals surface area contributed by atoms with Gasteiger partial charge in [-0.3, -0.25) is 0 Å². The van der Waals surface area contributed by atoms with Gasteiger partial charge in [0.15, 0.2) is 0 Å². The Morgan fingerprint density at radius 2 is 1.65 bits per heavy atom. The second kappa shape index (κ2) is 12.0. The van der Waals surface area contributed by atoms with E-state index in [1.165, 1.54) is 47.6 Å². The lowest BCUT2D eigenvalue weighted by Crippen LogP contribution is -2.35. The fraction of sp³-hybridized carbons (Fsp3) is 0.467. The van der Waals surface area contributed by atoms with Gasteiger partial charge in [-0.2, -0.15) is 0 Å². The Labute approximate surface area is 218 Å². The van der Waals surface area contributed by atoms with E-state index >= 15 is 0 Å². The molecule has 3 atom stereocenters. The van der Waals surface area contributed by atoms with Crippen LogP contribution >= 0.6 is 22.6 Å². The highest BCUT2D eigenvalue weighted by Crippen LogP contribution is 2.37. The summed E-state index contributed by atoms with van der Waals surface area (Å²) in [4.78, 5) is 1.97. The Kier molecular flexibility index (Phi) is 9.03. The molecule has 0 bridgehead atoms. The molecule has 0 amide bonds. The van der Waals surface area contributed by atoms with Crippen LogP contribution in [0.3, 0.4) is 0 Å². The molecule has 5 rings (SSSR count). The third-order valence-corrected chi connectivity index (χ3v) is 7.69. The first kappa shape index (κ1) is 25.6. The lowest BCUT2D eigenvalue weighted by Gasteiger charge is -2.34. The summed E-state index contributed by atoms with van der Waals surface area (Å²) in [6.45, 7) is 3.58. The van der Waals surface area contributed by atoms with Crippen LogP contribution in [0.4, 0.5) is 0 Å². The number of ether oxygens (including phenoxy) is 1. The second-order valence-electron chi connectivity index (χ2n) is 9.78. The van der Waals surface area contributed by atoms with Crippen LogP contribution in [0.1, 0.15) is 74.1 Å². The number of halogens is 1. The van der Waals surface area contributed by atoms with Crippen molar-refractivity contribution in [3.8, 4) is 0 Å². The van der Waals surface area contributed by atoms with E-state index in [0.29, 0.717) is 44.1 Å². The van der Waals surface area contributed by atoms with Crippen molar-refractivity contribution in [1.29, 1.82) is 0 Å². The summed E-state index contributed by atoms with van der Waals surface area (Å²) >= 11 is 2.15. The van der Waals surface area contributed by atoms with Gasteiger partial charge in [0.05, 0.1) is 5.60 Å². The van der Waals surface area contributed by atoms with Crippen LogP contribution in [-0.2, 0) is 10.3 Å². The van der Waals surface area contributed by atoms with E-state index in [1.807, 2.05) is 4.93 Å². The number of rotatable bonds is 5. The number of aliphatic hydroxyl groups is 1. The lowest BCUT2D eigenvalue weighted by molar-refractivity contribution is -0.0679. The number of hydrogen-bond acceptors (Lipinski definition) is 3. The minimum atomic E-state index is -0.721. The average Bonchev–Trinajstić information content (AvgIpc) is 2.90. The predicted octanol–water partition coefficient (Wildman–Crippen LogP) is 7.27. The number of benzene rings is 3. The molecule has 2 fully saturated rings. The zero-order valence-corrected chi connectivity index (χ0v) is 22.6. The molecule has 2 aliphatic rings. The van der Waals surface area contributed by atoms with Gasteiger partial charge >= 0.3 is 0 Å². The molecule has 0 spiro atoms. The molecule has 3 nitrogen and oxygen atoms in total. The van der Waals surface area contributed by atoms with Crippen LogP contribution in [0, 0.1) is 0 Å². The molecule has 3 aromatic rings. The third kappa shape index (κ3) is 5.84. The lowest BCUT2D eigenvalue weighted by atomic mass is 9.79. The van der Waals surface area contributed by atoms with Crippen LogP contribution in [0.15, 0.2) is 66.7 Å². The number of fused-ring (bicyclic) bond motifs is 1. The highest BCUT2D eigenvalue weighted by molar-refractivity contribution is 14.1. The van der Waals surface area contributed by atoms with E-state index < -0.39 is 5.60 Å². The summed E-state index contributed by atoms with van der Waals surface area (Å²) in [7, 11) is 0. The topological polar surface area (TPSA) is 41.5 Å². The highest BCUT2D eigenvalue weighted by Gasteiger charge is 2.32. The minimum absolute atomic E-state index is 0.329.